The third kappa shape index (κ3) is 0.0375. The first-order valence-electron chi connectivity index (χ1n) is 6.38. The van der Waals surface area contributed by atoms with Gasteiger partial charge < -0.3 is 0 Å². The quantitative estimate of drug-likeness (QED) is 0.523. The Morgan fingerprint density at radius 2 is 1.36 bits per heavy atom. The predicted molar refractivity (Wildman–Crippen MR) is 54.9 cm³/mol. The van der Waals surface area contributed by atoms with Gasteiger partial charge in [0, 0.05) is 0 Å². The molecule has 0 aromatic carbocycles. The maximum absolute atomic E-state index is 5.00. The Labute approximate surface area is 78.9 Å². The van der Waals surface area contributed by atoms with E-state index in [0.717, 1.165) is 9.56 Å². The predicted octanol–water partition coefficient (Wildman–Crippen LogP) is 4.06. The van der Waals surface area contributed by atoms with E-state index in [1.165, 1.54) is 43.3 Å². The van der Waals surface area contributed by atoms with E-state index in [2.05, 4.69) is 6.92 Å². The van der Waals surface area contributed by atoms with Crippen molar-refractivity contribution in [2.24, 2.45) is 0 Å². The van der Waals surface area contributed by atoms with E-state index in [0.29, 0.717) is 0 Å². The molecule has 5 unspecified atom stereocenters. The molecule has 14 heavy (non-hydrogen) atoms. The van der Waals surface area contributed by atoms with Crippen LogP contribution in [0.15, 0.2) is 0 Å². The third-order valence-corrected chi connectivity index (χ3v) is 58.9. The molecule has 0 saturated carbocycles. The molecule has 0 aromatic rings. The molecule has 10 saturated heterocycles. The molecule has 0 aliphatic carbocycles. The molecule has 10 fully saturated rings. The number of hydrogen-bond donors (Lipinski definition) is 1. The van der Waals surface area contributed by atoms with Crippen molar-refractivity contribution in [1.29, 1.82) is 0 Å². The van der Waals surface area contributed by atoms with Gasteiger partial charge in [-0.25, -0.2) is 0 Å². The van der Waals surface area contributed by atoms with Crippen molar-refractivity contribution in [2.45, 2.75) is 59.8 Å². The first kappa shape index (κ1) is 5.02. The molecule has 1 spiro atoms. The van der Waals surface area contributed by atoms with Crippen molar-refractivity contribution < 1.29 is 6.51 Å². The standard InChI is InChI=1S/C7H9S.C5H5.Fe/c1-6(8)7-4-2-3-5-7;1-2-4-5-3-1;/h2-6,8H,1H3;1-5H;. The van der Waals surface area contributed by atoms with Gasteiger partial charge in [-0.15, -0.1) is 0 Å². The van der Waals surface area contributed by atoms with Crippen molar-refractivity contribution in [3.8, 4) is 0 Å². The zero-order chi connectivity index (χ0) is 8.59. The number of thiol groups is 1. The molecule has 0 radical (unpaired) electrons. The zero-order valence-corrected chi connectivity index (χ0v) is 10.1. The molecule has 10 rings (SSSR count). The summed E-state index contributed by atoms with van der Waals surface area (Å²) in [4.78, 5) is 13.4. The van der Waals surface area contributed by atoms with E-state index in [4.69, 9.17) is 12.6 Å². The molecule has 0 bridgehead atoms. The van der Waals surface area contributed by atoms with E-state index in [1.54, 1.807) is 0 Å². The Morgan fingerprint density at radius 1 is 0.929 bits per heavy atom. The second-order valence-electron chi connectivity index (χ2n) is 10.4. The second kappa shape index (κ2) is 0.343. The fourth-order valence-electron chi connectivity index (χ4n) is 17.5. The van der Waals surface area contributed by atoms with Gasteiger partial charge in [-0.2, -0.15) is 0 Å². The molecule has 10 heterocycles. The summed E-state index contributed by atoms with van der Waals surface area (Å²) in [5.41, 5.74) is 0. The Kier molecular flexibility index (Phi) is 0.123. The molecule has 10 aliphatic heterocycles. The SMILES string of the molecule is CC(S)[C]12[CH]3[CH]4[CH]5[CH]1[Fe]45321678[CH]2[CH]1[CH]6[CH]7[CH]28. The average Bonchev–Trinajstić information content (AvgIpc) is 3.13. The topological polar surface area (TPSA) is 0 Å². The summed E-state index contributed by atoms with van der Waals surface area (Å²) in [7, 11) is 0. The van der Waals surface area contributed by atoms with Crippen LogP contribution in [0.3, 0.4) is 0 Å². The van der Waals surface area contributed by atoms with Crippen LogP contribution in [0.25, 0.3) is 0 Å². The van der Waals surface area contributed by atoms with Gasteiger partial charge >= 0.3 is 79.0 Å². The van der Waals surface area contributed by atoms with E-state index in [-0.39, 0.29) is 0 Å². The van der Waals surface area contributed by atoms with Gasteiger partial charge in [-0.3, -0.25) is 0 Å². The van der Waals surface area contributed by atoms with Crippen LogP contribution in [0.5, 0.6) is 0 Å². The van der Waals surface area contributed by atoms with E-state index >= 15 is 0 Å². The molecule has 10 aliphatic rings. The summed E-state index contributed by atoms with van der Waals surface area (Å²) in [5.74, 6) is 0. The number of hydrogen-bond acceptors (Lipinski definition) is 1. The maximum atomic E-state index is 5.00. The van der Waals surface area contributed by atoms with Crippen molar-refractivity contribution in [3.05, 3.63) is 0 Å². The van der Waals surface area contributed by atoms with Crippen LogP contribution >= 0.6 is 12.6 Å². The van der Waals surface area contributed by atoms with Crippen LogP contribution in [0.2, 0.25) is 47.7 Å². The van der Waals surface area contributed by atoms with Crippen LogP contribution < -0.4 is 0 Å². The van der Waals surface area contributed by atoms with Crippen molar-refractivity contribution in [2.75, 3.05) is 0 Å². The first-order chi connectivity index (χ1) is 6.49. The molecule has 0 amide bonds. The van der Waals surface area contributed by atoms with Gasteiger partial charge in [0.05, 0.1) is 0 Å². The van der Waals surface area contributed by atoms with Crippen molar-refractivity contribution >= 4 is 12.6 Å². The van der Waals surface area contributed by atoms with Gasteiger partial charge in [0.1, 0.15) is 0 Å². The summed E-state index contributed by atoms with van der Waals surface area (Å²) in [6, 6.07) is 0. The van der Waals surface area contributed by atoms with Crippen LogP contribution in [0.4, 0.5) is 0 Å². The molecule has 76 valence electrons. The van der Waals surface area contributed by atoms with Crippen LogP contribution in [0, 0.1) is 0 Å². The number of rotatable bonds is 1. The summed E-state index contributed by atoms with van der Waals surface area (Å²) in [6.07, 6.45) is 0. The Hall–Kier alpha value is 0.869. The Morgan fingerprint density at radius 3 is 1.43 bits per heavy atom. The fraction of sp³-hybridized carbons (Fsp3) is 1.00. The molecule has 0 nitrogen and oxygen atoms in total. The summed E-state index contributed by atoms with van der Waals surface area (Å²) >= 11 is 5.00. The normalized spacial score (nSPS) is 145. The van der Waals surface area contributed by atoms with Crippen LogP contribution in [-0.2, 0) is 6.51 Å². The van der Waals surface area contributed by atoms with E-state index in [1.807, 2.05) is 0 Å². The van der Waals surface area contributed by atoms with Crippen LogP contribution in [-0.4, -0.2) is 5.25 Å². The summed E-state index contributed by atoms with van der Waals surface area (Å²) in [5, 5.41) is 0.830. The minimum absolute atomic E-state index is 0.830. The Balaban J connectivity index is 1.94. The monoisotopic (exact) mass is 246 g/mol. The Bertz CT molecular complexity index is 800. The third-order valence-electron chi connectivity index (χ3n) is 15.4. The van der Waals surface area contributed by atoms with Gasteiger partial charge in [-0.1, -0.05) is 0 Å². The van der Waals surface area contributed by atoms with Gasteiger partial charge in [0.2, 0.25) is 0 Å². The summed E-state index contributed by atoms with van der Waals surface area (Å²) in [6.45, 7) is -0.176. The molecule has 5 atom stereocenters. The molecule has 0 aromatic heterocycles. The van der Waals surface area contributed by atoms with E-state index in [9.17, 15) is 0 Å². The molecule has 0 N–H and O–H groups in total. The second-order valence-corrected chi connectivity index (χ2v) is 34.8. The zero-order valence-electron chi connectivity index (χ0n) is 8.07. The van der Waals surface area contributed by atoms with Gasteiger partial charge in [-0.05, 0) is 0 Å². The van der Waals surface area contributed by atoms with Gasteiger partial charge in [0.15, 0.2) is 0 Å². The van der Waals surface area contributed by atoms with Crippen LogP contribution in [0.1, 0.15) is 6.92 Å². The average molecular weight is 246 g/mol. The summed E-state index contributed by atoms with van der Waals surface area (Å²) < 4.78 is 1.06. The fourth-order valence-corrected chi connectivity index (χ4v) is 95.6. The first-order valence-corrected chi connectivity index (χ1v) is 13.2. The minimum atomic E-state index is -2.67. The molecular weight excluding hydrogens is 232 g/mol. The van der Waals surface area contributed by atoms with Crippen molar-refractivity contribution in [3.63, 3.8) is 0 Å². The molecular formula is C12H14FeS. The van der Waals surface area contributed by atoms with E-state index < -0.39 is 6.51 Å². The molecule has 2 heteroatoms. The van der Waals surface area contributed by atoms with Gasteiger partial charge in [0.25, 0.3) is 0 Å². The number of fused-ring (bicyclic) bond motifs is 10. The van der Waals surface area contributed by atoms with Crippen molar-refractivity contribution in [1.82, 2.24) is 0 Å².